The maximum atomic E-state index is 13.1. The number of hydrogen-bond acceptors (Lipinski definition) is 6. The van der Waals surface area contributed by atoms with E-state index in [9.17, 15) is 9.59 Å². The minimum atomic E-state index is -0.294. The van der Waals surface area contributed by atoms with E-state index in [1.165, 1.54) is 7.11 Å². The Morgan fingerprint density at radius 1 is 1.24 bits per heavy atom. The fourth-order valence-corrected chi connectivity index (χ4v) is 5.13. The Labute approximate surface area is 147 Å². The molecule has 6 nitrogen and oxygen atoms in total. The van der Waals surface area contributed by atoms with Crippen molar-refractivity contribution in [1.82, 2.24) is 5.32 Å². The van der Waals surface area contributed by atoms with Crippen LogP contribution in [0.1, 0.15) is 52.4 Å². The fourth-order valence-electron chi connectivity index (χ4n) is 5.13. The summed E-state index contributed by atoms with van der Waals surface area (Å²) in [7, 11) is 1.44. The predicted molar refractivity (Wildman–Crippen MR) is 91.3 cm³/mol. The van der Waals surface area contributed by atoms with E-state index in [1.807, 2.05) is 0 Å². The van der Waals surface area contributed by atoms with Crippen molar-refractivity contribution in [2.45, 2.75) is 52.4 Å². The van der Waals surface area contributed by atoms with E-state index in [4.69, 9.17) is 4.74 Å². The standard InChI is InChI=1S/C19H25N3O3/c1-18(2)8-13-15(14(23)9-18)19(12-10-20-22-16(12)21-13)6-4-11(5-7-19)17(24)25-3/h11,21H,4-10H2,1-3H3. The minimum Gasteiger partial charge on any atom is -0.469 e. The van der Waals surface area contributed by atoms with Gasteiger partial charge in [-0.1, -0.05) is 13.8 Å². The Hall–Kier alpha value is -1.98. The number of ketones is 1. The number of dihydropyridines is 1. The van der Waals surface area contributed by atoms with Crippen LogP contribution in [0, 0.1) is 16.7 Å². The highest BCUT2D eigenvalue weighted by Gasteiger charge is 2.52. The summed E-state index contributed by atoms with van der Waals surface area (Å²) in [5, 5.41) is 11.9. The molecule has 4 rings (SSSR count). The second kappa shape index (κ2) is 5.51. The van der Waals surface area contributed by atoms with Gasteiger partial charge in [0.25, 0.3) is 0 Å². The number of Topliss-reactive ketones (excluding diaryl/α,β-unsaturated/α-hetero) is 1. The third kappa shape index (κ3) is 2.45. The highest BCUT2D eigenvalue weighted by molar-refractivity contribution is 6.00. The van der Waals surface area contributed by atoms with E-state index in [0.717, 1.165) is 54.8 Å². The van der Waals surface area contributed by atoms with Crippen molar-refractivity contribution >= 4 is 11.8 Å². The molecule has 25 heavy (non-hydrogen) atoms. The van der Waals surface area contributed by atoms with Gasteiger partial charge in [0, 0.05) is 28.7 Å². The molecule has 1 fully saturated rings. The van der Waals surface area contributed by atoms with Crippen molar-refractivity contribution in [2.75, 3.05) is 13.7 Å². The second-order valence-corrected chi connectivity index (χ2v) is 8.53. The number of hydrogen-bond donors (Lipinski definition) is 1. The molecule has 1 spiro atoms. The van der Waals surface area contributed by atoms with E-state index in [2.05, 4.69) is 29.4 Å². The zero-order valence-corrected chi connectivity index (χ0v) is 15.1. The molecule has 0 aromatic rings. The third-order valence-electron chi connectivity index (χ3n) is 6.26. The van der Waals surface area contributed by atoms with Gasteiger partial charge in [0.05, 0.1) is 19.6 Å². The number of azo groups is 1. The first-order valence-electron chi connectivity index (χ1n) is 9.09. The molecule has 1 saturated carbocycles. The molecular formula is C19H25N3O3. The molecule has 0 saturated heterocycles. The van der Waals surface area contributed by atoms with Crippen molar-refractivity contribution in [1.29, 1.82) is 0 Å². The normalized spacial score (nSPS) is 33.2. The number of fused-ring (bicyclic) bond motifs is 2. The number of ether oxygens (including phenoxy) is 1. The lowest BCUT2D eigenvalue weighted by Crippen LogP contribution is -2.46. The second-order valence-electron chi connectivity index (χ2n) is 8.53. The molecule has 0 atom stereocenters. The average Bonchev–Trinajstić information content (AvgIpc) is 3.02. The molecule has 0 aromatic heterocycles. The molecule has 4 aliphatic rings. The number of allylic oxidation sites excluding steroid dienone is 2. The number of nitrogens with one attached hydrogen (secondary N) is 1. The number of nitrogens with zero attached hydrogens (tertiary/aromatic N) is 2. The van der Waals surface area contributed by atoms with Crippen LogP contribution in [-0.4, -0.2) is 25.4 Å². The van der Waals surface area contributed by atoms with Gasteiger partial charge in [-0.25, -0.2) is 0 Å². The van der Waals surface area contributed by atoms with Crippen molar-refractivity contribution < 1.29 is 14.3 Å². The van der Waals surface area contributed by atoms with Gasteiger partial charge < -0.3 is 10.1 Å². The number of carbonyl (C=O) groups excluding carboxylic acids is 2. The van der Waals surface area contributed by atoms with Crippen LogP contribution in [0.4, 0.5) is 0 Å². The topological polar surface area (TPSA) is 80.1 Å². The van der Waals surface area contributed by atoms with E-state index < -0.39 is 0 Å². The van der Waals surface area contributed by atoms with Crippen LogP contribution < -0.4 is 5.32 Å². The summed E-state index contributed by atoms with van der Waals surface area (Å²) in [6.45, 7) is 4.83. The molecule has 0 radical (unpaired) electrons. The van der Waals surface area contributed by atoms with E-state index >= 15 is 0 Å². The summed E-state index contributed by atoms with van der Waals surface area (Å²) in [5.41, 5.74) is 2.78. The molecule has 134 valence electrons. The Bertz CT molecular complexity index is 737. The molecule has 0 unspecified atom stereocenters. The maximum absolute atomic E-state index is 13.1. The summed E-state index contributed by atoms with van der Waals surface area (Å²) in [6, 6.07) is 0. The predicted octanol–water partition coefficient (Wildman–Crippen LogP) is 3.26. The minimum absolute atomic E-state index is 0.0405. The zero-order chi connectivity index (χ0) is 17.8. The lowest BCUT2D eigenvalue weighted by molar-refractivity contribution is -0.147. The largest absolute Gasteiger partial charge is 0.469 e. The molecule has 2 heterocycles. The summed E-state index contributed by atoms with van der Waals surface area (Å²) >= 11 is 0. The number of esters is 1. The SMILES string of the molecule is COC(=O)C1CCC2(CC1)C1=C(N=NC1)NC1=C2C(=O)CC(C)(C)C1. The smallest absolute Gasteiger partial charge is 0.308 e. The van der Waals surface area contributed by atoms with E-state index in [-0.39, 0.29) is 28.5 Å². The molecule has 6 heteroatoms. The number of rotatable bonds is 1. The zero-order valence-electron chi connectivity index (χ0n) is 15.1. The van der Waals surface area contributed by atoms with Gasteiger partial charge in [0.15, 0.2) is 11.6 Å². The van der Waals surface area contributed by atoms with Crippen molar-refractivity contribution in [3.63, 3.8) is 0 Å². The van der Waals surface area contributed by atoms with Crippen LogP contribution in [0.15, 0.2) is 32.9 Å². The summed E-state index contributed by atoms with van der Waals surface area (Å²) in [5.74, 6) is 0.877. The average molecular weight is 343 g/mol. The molecule has 2 aliphatic heterocycles. The van der Waals surface area contributed by atoms with Crippen LogP contribution >= 0.6 is 0 Å². The van der Waals surface area contributed by atoms with E-state index in [0.29, 0.717) is 13.0 Å². The van der Waals surface area contributed by atoms with Gasteiger partial charge in [0.2, 0.25) is 0 Å². The molecule has 0 bridgehead atoms. The van der Waals surface area contributed by atoms with Crippen LogP contribution in [0.25, 0.3) is 0 Å². The van der Waals surface area contributed by atoms with Gasteiger partial charge in [-0.2, -0.15) is 5.11 Å². The number of carbonyl (C=O) groups is 2. The highest BCUT2D eigenvalue weighted by atomic mass is 16.5. The third-order valence-corrected chi connectivity index (χ3v) is 6.26. The summed E-state index contributed by atoms with van der Waals surface area (Å²) < 4.78 is 4.93. The van der Waals surface area contributed by atoms with Gasteiger partial charge in [-0.15, -0.1) is 5.11 Å². The molecule has 2 aliphatic carbocycles. The van der Waals surface area contributed by atoms with Crippen LogP contribution in [0.5, 0.6) is 0 Å². The Morgan fingerprint density at radius 2 is 1.96 bits per heavy atom. The van der Waals surface area contributed by atoms with Crippen LogP contribution in [-0.2, 0) is 14.3 Å². The lowest BCUT2D eigenvalue weighted by Gasteiger charge is -2.48. The monoisotopic (exact) mass is 343 g/mol. The van der Waals surface area contributed by atoms with Gasteiger partial charge in [0.1, 0.15) is 0 Å². The first-order valence-corrected chi connectivity index (χ1v) is 9.09. The lowest BCUT2D eigenvalue weighted by atomic mass is 9.57. The summed E-state index contributed by atoms with van der Waals surface area (Å²) in [6.07, 6.45) is 4.51. The molecule has 0 amide bonds. The molecule has 0 aromatic carbocycles. The number of methoxy groups -OCH3 is 1. The molecule has 1 N–H and O–H groups in total. The summed E-state index contributed by atoms with van der Waals surface area (Å²) in [4.78, 5) is 25.0. The van der Waals surface area contributed by atoms with Crippen molar-refractivity contribution in [2.24, 2.45) is 27.0 Å². The van der Waals surface area contributed by atoms with Crippen LogP contribution in [0.3, 0.4) is 0 Å². The first kappa shape index (κ1) is 16.5. The van der Waals surface area contributed by atoms with Crippen LogP contribution in [0.2, 0.25) is 0 Å². The Morgan fingerprint density at radius 3 is 2.64 bits per heavy atom. The fraction of sp³-hybridized carbons (Fsp3) is 0.684. The van der Waals surface area contributed by atoms with Crippen molar-refractivity contribution in [3.05, 3.63) is 22.7 Å². The van der Waals surface area contributed by atoms with Gasteiger partial charge >= 0.3 is 5.97 Å². The van der Waals surface area contributed by atoms with Crippen molar-refractivity contribution in [3.8, 4) is 0 Å². The van der Waals surface area contributed by atoms with Gasteiger partial charge in [-0.05, 0) is 37.5 Å². The Kier molecular flexibility index (Phi) is 3.63. The van der Waals surface area contributed by atoms with Gasteiger partial charge in [-0.3, -0.25) is 9.59 Å². The first-order chi connectivity index (χ1) is 11.9. The maximum Gasteiger partial charge on any atom is 0.308 e. The van der Waals surface area contributed by atoms with E-state index in [1.54, 1.807) is 0 Å². The quantitative estimate of drug-likeness (QED) is 0.741. The highest BCUT2D eigenvalue weighted by Crippen LogP contribution is 2.57. The Balaban J connectivity index is 1.74. The molecular weight excluding hydrogens is 318 g/mol.